The molecule has 0 radical (unpaired) electrons. The van der Waals surface area contributed by atoms with Gasteiger partial charge in [-0.25, -0.2) is 14.4 Å². The van der Waals surface area contributed by atoms with Crippen LogP contribution in [-0.4, -0.2) is 77.1 Å². The smallest absolute Gasteiger partial charge is 0.339 e. The second-order valence-corrected chi connectivity index (χ2v) is 13.1. The van der Waals surface area contributed by atoms with E-state index in [0.717, 1.165) is 47.8 Å². The number of aliphatic carboxylic acids is 2. The third-order valence-electron chi connectivity index (χ3n) is 8.62. The lowest BCUT2D eigenvalue weighted by Gasteiger charge is -2.33. The third kappa shape index (κ3) is 11.3. The van der Waals surface area contributed by atoms with E-state index in [-0.39, 0.29) is 11.2 Å². The molecule has 1 saturated heterocycles. The first-order valence-electron chi connectivity index (χ1n) is 16.1. The molecule has 0 aromatic heterocycles. The van der Waals surface area contributed by atoms with E-state index in [1.54, 1.807) is 6.07 Å². The number of nitrogens with zero attached hydrogens (tertiary/aromatic N) is 1. The number of methoxy groups -OCH3 is 1. The number of halogens is 1. The molecule has 2 aliphatic rings. The van der Waals surface area contributed by atoms with Crippen molar-refractivity contribution in [2.45, 2.75) is 70.1 Å². The molecule has 2 unspecified atom stereocenters. The van der Waals surface area contributed by atoms with Crippen LogP contribution in [0.3, 0.4) is 0 Å². The number of carbonyl (C=O) groups is 3. The number of ether oxygens (including phenoxy) is 3. The van der Waals surface area contributed by atoms with Gasteiger partial charge in [0.25, 0.3) is 0 Å². The first-order valence-corrected chi connectivity index (χ1v) is 16.5. The van der Waals surface area contributed by atoms with Crippen molar-refractivity contribution < 1.29 is 43.9 Å². The van der Waals surface area contributed by atoms with Gasteiger partial charge < -0.3 is 34.4 Å². The maximum atomic E-state index is 11.1. The van der Waals surface area contributed by atoms with E-state index in [1.807, 2.05) is 32.0 Å². The van der Waals surface area contributed by atoms with E-state index in [2.05, 4.69) is 55.3 Å². The SMILES string of the molecule is CN1CCCC1CCOC(C)(c1ccccc1)c1ccc(Cl)cc1.COc1c(C(=O)O)ccc2c1CCC(C)(C)O2.O=C(O)C=CC(=O)O. The van der Waals surface area contributed by atoms with Crippen LogP contribution in [0.15, 0.2) is 78.9 Å². The molecule has 0 spiro atoms. The lowest BCUT2D eigenvalue weighted by atomic mass is 9.88. The molecule has 10 nitrogen and oxygen atoms in total. The molecule has 3 N–H and O–H groups in total. The molecule has 2 atom stereocenters. The average Bonchev–Trinajstić information content (AvgIpc) is 3.47. The first-order chi connectivity index (χ1) is 23.2. The fraction of sp³-hybridized carbons (Fsp3) is 0.395. The van der Waals surface area contributed by atoms with Crippen LogP contribution in [0.25, 0.3) is 0 Å². The van der Waals surface area contributed by atoms with E-state index in [9.17, 15) is 14.4 Å². The summed E-state index contributed by atoms with van der Waals surface area (Å²) in [5.41, 5.74) is 2.69. The Hall–Kier alpha value is -4.38. The fourth-order valence-electron chi connectivity index (χ4n) is 5.86. The summed E-state index contributed by atoms with van der Waals surface area (Å²) in [4.78, 5) is 32.6. The number of carboxylic acids is 3. The van der Waals surface area contributed by atoms with Crippen molar-refractivity contribution in [3.05, 3.63) is 106 Å². The van der Waals surface area contributed by atoms with Crippen LogP contribution in [0, 0.1) is 0 Å². The summed E-state index contributed by atoms with van der Waals surface area (Å²) in [6.07, 6.45) is 6.39. The number of hydrogen-bond donors (Lipinski definition) is 3. The number of fused-ring (bicyclic) bond motifs is 1. The van der Waals surface area contributed by atoms with Crippen LogP contribution in [0.2, 0.25) is 5.02 Å². The zero-order valence-corrected chi connectivity index (χ0v) is 29.4. The molecule has 1 fully saturated rings. The fourth-order valence-corrected chi connectivity index (χ4v) is 5.99. The summed E-state index contributed by atoms with van der Waals surface area (Å²) in [6.45, 7) is 8.16. The summed E-state index contributed by atoms with van der Waals surface area (Å²) in [5, 5.41) is 25.5. The predicted molar refractivity (Wildman–Crippen MR) is 188 cm³/mol. The number of aromatic carboxylic acids is 1. The lowest BCUT2D eigenvalue weighted by Crippen LogP contribution is -2.32. The van der Waals surface area contributed by atoms with Gasteiger partial charge in [-0.05, 0) is 102 Å². The van der Waals surface area contributed by atoms with Crippen molar-refractivity contribution in [2.75, 3.05) is 27.3 Å². The average molecular weight is 696 g/mol. The first kappa shape index (κ1) is 39.1. The highest BCUT2D eigenvalue weighted by atomic mass is 35.5. The van der Waals surface area contributed by atoms with E-state index >= 15 is 0 Å². The van der Waals surface area contributed by atoms with E-state index in [4.69, 9.17) is 41.1 Å². The number of carboxylic acid groups (broad SMARTS) is 3. The molecular formula is C38H46ClNO9. The monoisotopic (exact) mass is 695 g/mol. The Labute approximate surface area is 292 Å². The van der Waals surface area contributed by atoms with Crippen LogP contribution in [0.1, 0.15) is 73.5 Å². The number of hydrogen-bond acceptors (Lipinski definition) is 7. The van der Waals surface area contributed by atoms with Gasteiger partial charge in [0.15, 0.2) is 0 Å². The second kappa shape index (κ2) is 17.9. The summed E-state index contributed by atoms with van der Waals surface area (Å²) in [6, 6.07) is 22.3. The standard InChI is InChI=1S/C21H26ClNO.C13H16O4.C4H4O4/c1-21(17-7-4-3-5-8-17,18-10-12-19(22)13-11-18)24-16-14-20-9-6-15-23(20)2;1-13(2)7-6-8-10(17-13)5-4-9(12(14)15)11(8)16-3;5-3(6)1-2-4(7)8/h3-5,7-8,10-13,20H,6,9,14-16H2,1-2H3;4-5H,6-7H2,1-3H3,(H,14,15);1-2H,(H,5,6)(H,7,8). The summed E-state index contributed by atoms with van der Waals surface area (Å²) >= 11 is 6.07. The van der Waals surface area contributed by atoms with E-state index in [0.29, 0.717) is 23.9 Å². The highest BCUT2D eigenvalue weighted by Gasteiger charge is 2.32. The molecule has 2 heterocycles. The molecule has 2 aliphatic heterocycles. The van der Waals surface area contributed by atoms with E-state index < -0.39 is 23.5 Å². The normalized spacial score (nSPS) is 17.6. The molecule has 264 valence electrons. The third-order valence-corrected chi connectivity index (χ3v) is 8.87. The molecule has 49 heavy (non-hydrogen) atoms. The zero-order chi connectivity index (χ0) is 36.2. The molecule has 3 aromatic rings. The minimum atomic E-state index is -1.26. The van der Waals surface area contributed by atoms with Crippen LogP contribution in [0.4, 0.5) is 0 Å². The molecule has 0 aliphatic carbocycles. The lowest BCUT2D eigenvalue weighted by molar-refractivity contribution is -0.134. The van der Waals surface area contributed by atoms with Gasteiger partial charge in [-0.15, -0.1) is 0 Å². The Balaban J connectivity index is 0.000000226. The predicted octanol–water partition coefficient (Wildman–Crippen LogP) is 7.31. The highest BCUT2D eigenvalue weighted by molar-refractivity contribution is 6.30. The summed E-state index contributed by atoms with van der Waals surface area (Å²) < 4.78 is 17.5. The zero-order valence-electron chi connectivity index (χ0n) is 28.6. The van der Waals surface area contributed by atoms with Gasteiger partial charge in [-0.3, -0.25) is 0 Å². The molecule has 3 aromatic carbocycles. The number of likely N-dealkylation sites (tertiary alicyclic amines) is 1. The molecule has 0 amide bonds. The minimum Gasteiger partial charge on any atom is -0.495 e. The molecule has 11 heteroatoms. The van der Waals surface area contributed by atoms with Gasteiger partial charge in [-0.2, -0.15) is 0 Å². The highest BCUT2D eigenvalue weighted by Crippen LogP contribution is 2.40. The van der Waals surface area contributed by atoms with Crippen molar-refractivity contribution in [1.82, 2.24) is 4.90 Å². The maximum absolute atomic E-state index is 11.1. The number of rotatable bonds is 10. The van der Waals surface area contributed by atoms with Gasteiger partial charge in [0.2, 0.25) is 0 Å². The van der Waals surface area contributed by atoms with Gasteiger partial charge >= 0.3 is 17.9 Å². The van der Waals surface area contributed by atoms with Crippen molar-refractivity contribution in [3.63, 3.8) is 0 Å². The van der Waals surface area contributed by atoms with E-state index in [1.165, 1.54) is 38.1 Å². The second-order valence-electron chi connectivity index (χ2n) is 12.6. The van der Waals surface area contributed by atoms with Crippen LogP contribution < -0.4 is 9.47 Å². The maximum Gasteiger partial charge on any atom is 0.339 e. The van der Waals surface area contributed by atoms with Crippen LogP contribution >= 0.6 is 11.6 Å². The quantitative estimate of drug-likeness (QED) is 0.185. The van der Waals surface area contributed by atoms with Crippen molar-refractivity contribution >= 4 is 29.5 Å². The topological polar surface area (TPSA) is 143 Å². The van der Waals surface area contributed by atoms with Crippen molar-refractivity contribution in [3.8, 4) is 11.5 Å². The van der Waals surface area contributed by atoms with Gasteiger partial charge in [-0.1, -0.05) is 54.1 Å². The Morgan fingerprint density at radius 2 is 1.59 bits per heavy atom. The largest absolute Gasteiger partial charge is 0.495 e. The molecular weight excluding hydrogens is 650 g/mol. The van der Waals surface area contributed by atoms with Gasteiger partial charge in [0.1, 0.15) is 28.3 Å². The minimum absolute atomic E-state index is 0.189. The molecule has 5 rings (SSSR count). The Kier molecular flexibility index (Phi) is 14.2. The molecule has 0 saturated carbocycles. The van der Waals surface area contributed by atoms with Gasteiger partial charge in [0, 0.05) is 35.4 Å². The van der Waals surface area contributed by atoms with Crippen molar-refractivity contribution in [1.29, 1.82) is 0 Å². The summed E-state index contributed by atoms with van der Waals surface area (Å²) in [7, 11) is 3.70. The summed E-state index contributed by atoms with van der Waals surface area (Å²) in [5.74, 6) is -2.34. The van der Waals surface area contributed by atoms with Crippen LogP contribution in [-0.2, 0) is 26.3 Å². The number of benzene rings is 3. The Bertz CT molecular complexity index is 1570. The van der Waals surface area contributed by atoms with Gasteiger partial charge in [0.05, 0.1) is 7.11 Å². The van der Waals surface area contributed by atoms with Crippen molar-refractivity contribution in [2.24, 2.45) is 0 Å². The molecule has 0 bridgehead atoms. The Morgan fingerprint density at radius 1 is 0.980 bits per heavy atom. The van der Waals surface area contributed by atoms with Crippen LogP contribution in [0.5, 0.6) is 11.5 Å². The Morgan fingerprint density at radius 3 is 2.12 bits per heavy atom.